The largest absolute Gasteiger partial charge is 0.0815 e. The van der Waals surface area contributed by atoms with E-state index in [1.807, 2.05) is 0 Å². The second-order valence-electron chi connectivity index (χ2n) is 4.18. The van der Waals surface area contributed by atoms with Crippen molar-refractivity contribution < 1.29 is 0 Å². The lowest BCUT2D eigenvalue weighted by molar-refractivity contribution is 0.298. The second-order valence-corrected chi connectivity index (χ2v) is 7.38. The van der Waals surface area contributed by atoms with E-state index < -0.39 is 0 Å². The minimum atomic E-state index is 0.916. The molecular formula is C11H20I2. The third kappa shape index (κ3) is 3.50. The average molecular weight is 406 g/mol. The summed E-state index contributed by atoms with van der Waals surface area (Å²) in [5, 5.41) is 0. The van der Waals surface area contributed by atoms with Gasteiger partial charge in [0, 0.05) is 7.85 Å². The maximum absolute atomic E-state index is 2.66. The highest BCUT2D eigenvalue weighted by molar-refractivity contribution is 14.1. The summed E-state index contributed by atoms with van der Waals surface area (Å²) in [5.41, 5.74) is 0. The first-order valence-electron chi connectivity index (χ1n) is 5.47. The molecule has 4 atom stereocenters. The molecule has 4 unspecified atom stereocenters. The van der Waals surface area contributed by atoms with Gasteiger partial charge < -0.3 is 0 Å². The molecule has 1 saturated carbocycles. The molecule has 0 amide bonds. The van der Waals surface area contributed by atoms with Crippen molar-refractivity contribution in [2.45, 2.75) is 53.8 Å². The van der Waals surface area contributed by atoms with E-state index in [9.17, 15) is 0 Å². The Balaban J connectivity index is 2.58. The SMILES string of the molecule is CCC1CCC(I)C(I)CC1CC. The lowest BCUT2D eigenvalue weighted by atomic mass is 9.84. The number of halogens is 2. The number of alkyl halides is 2. The Morgan fingerprint density at radius 3 is 2.08 bits per heavy atom. The molecular weight excluding hydrogens is 386 g/mol. The molecule has 1 aliphatic rings. The fraction of sp³-hybridized carbons (Fsp3) is 1.00. The molecule has 0 heterocycles. The number of rotatable bonds is 2. The van der Waals surface area contributed by atoms with Gasteiger partial charge in [-0.15, -0.1) is 0 Å². The van der Waals surface area contributed by atoms with Crippen LogP contribution in [0.1, 0.15) is 46.0 Å². The van der Waals surface area contributed by atoms with Gasteiger partial charge in [0.1, 0.15) is 0 Å². The summed E-state index contributed by atoms with van der Waals surface area (Å²) in [6.07, 6.45) is 7.17. The quantitative estimate of drug-likeness (QED) is 0.350. The van der Waals surface area contributed by atoms with Crippen molar-refractivity contribution in [1.82, 2.24) is 0 Å². The molecule has 0 spiro atoms. The molecule has 0 aliphatic heterocycles. The third-order valence-electron chi connectivity index (χ3n) is 3.45. The topological polar surface area (TPSA) is 0 Å². The molecule has 0 nitrogen and oxygen atoms in total. The van der Waals surface area contributed by atoms with E-state index in [4.69, 9.17) is 0 Å². The molecule has 1 fully saturated rings. The van der Waals surface area contributed by atoms with Gasteiger partial charge in [0.05, 0.1) is 0 Å². The first-order valence-corrected chi connectivity index (χ1v) is 7.96. The summed E-state index contributed by atoms with van der Waals surface area (Å²) < 4.78 is 1.84. The lowest BCUT2D eigenvalue weighted by Crippen LogP contribution is -2.16. The highest BCUT2D eigenvalue weighted by atomic mass is 127. The van der Waals surface area contributed by atoms with Crippen LogP contribution in [0.2, 0.25) is 0 Å². The van der Waals surface area contributed by atoms with E-state index >= 15 is 0 Å². The zero-order valence-corrected chi connectivity index (χ0v) is 12.9. The fourth-order valence-electron chi connectivity index (χ4n) is 2.46. The van der Waals surface area contributed by atoms with Crippen LogP contribution in [0.15, 0.2) is 0 Å². The van der Waals surface area contributed by atoms with Gasteiger partial charge in [0.25, 0.3) is 0 Å². The maximum atomic E-state index is 2.66. The van der Waals surface area contributed by atoms with Crippen LogP contribution < -0.4 is 0 Å². The minimum absolute atomic E-state index is 0.916. The molecule has 13 heavy (non-hydrogen) atoms. The molecule has 1 rings (SSSR count). The van der Waals surface area contributed by atoms with Gasteiger partial charge in [0.2, 0.25) is 0 Å². The summed E-state index contributed by atoms with van der Waals surface area (Å²) in [6.45, 7) is 4.73. The van der Waals surface area contributed by atoms with Gasteiger partial charge >= 0.3 is 0 Å². The molecule has 0 aromatic heterocycles. The van der Waals surface area contributed by atoms with Crippen molar-refractivity contribution >= 4 is 45.2 Å². The van der Waals surface area contributed by atoms with Crippen LogP contribution in [-0.2, 0) is 0 Å². The highest BCUT2D eigenvalue weighted by Crippen LogP contribution is 2.38. The second kappa shape index (κ2) is 6.13. The van der Waals surface area contributed by atoms with Crippen molar-refractivity contribution in [2.75, 3.05) is 0 Å². The van der Waals surface area contributed by atoms with Gasteiger partial charge in [-0.25, -0.2) is 0 Å². The summed E-state index contributed by atoms with van der Waals surface area (Å²) >= 11 is 5.32. The van der Waals surface area contributed by atoms with Gasteiger partial charge in [0.15, 0.2) is 0 Å². The van der Waals surface area contributed by atoms with Crippen LogP contribution in [0, 0.1) is 11.8 Å². The van der Waals surface area contributed by atoms with E-state index in [0.717, 1.165) is 19.7 Å². The van der Waals surface area contributed by atoms with Crippen molar-refractivity contribution in [3.63, 3.8) is 0 Å². The lowest BCUT2D eigenvalue weighted by Gasteiger charge is -2.23. The van der Waals surface area contributed by atoms with Crippen LogP contribution in [0.5, 0.6) is 0 Å². The van der Waals surface area contributed by atoms with Gasteiger partial charge in [-0.1, -0.05) is 71.9 Å². The molecule has 0 aromatic rings. The highest BCUT2D eigenvalue weighted by Gasteiger charge is 2.29. The molecule has 78 valence electrons. The van der Waals surface area contributed by atoms with Crippen molar-refractivity contribution in [3.8, 4) is 0 Å². The predicted octanol–water partition coefficient (Wildman–Crippen LogP) is 4.83. The van der Waals surface area contributed by atoms with E-state index in [0.29, 0.717) is 0 Å². The van der Waals surface area contributed by atoms with E-state index in [2.05, 4.69) is 59.0 Å². The van der Waals surface area contributed by atoms with Crippen LogP contribution >= 0.6 is 45.2 Å². The Morgan fingerprint density at radius 2 is 1.54 bits per heavy atom. The third-order valence-corrected chi connectivity index (χ3v) is 7.69. The smallest absolute Gasteiger partial charge is 0.0230 e. The van der Waals surface area contributed by atoms with E-state index in [1.165, 1.54) is 32.1 Å². The zero-order chi connectivity index (χ0) is 9.84. The zero-order valence-electron chi connectivity index (χ0n) is 8.60. The monoisotopic (exact) mass is 406 g/mol. The standard InChI is InChI=1S/C11H20I2/c1-3-8-5-6-10(12)11(13)7-9(8)4-2/h8-11H,3-7H2,1-2H3. The van der Waals surface area contributed by atoms with Gasteiger partial charge in [-0.2, -0.15) is 0 Å². The maximum Gasteiger partial charge on any atom is 0.0230 e. The van der Waals surface area contributed by atoms with E-state index in [1.54, 1.807) is 0 Å². The molecule has 0 radical (unpaired) electrons. The first-order chi connectivity index (χ1) is 6.19. The Hall–Kier alpha value is 1.46. The van der Waals surface area contributed by atoms with Crippen LogP contribution in [0.25, 0.3) is 0 Å². The van der Waals surface area contributed by atoms with Crippen LogP contribution in [0.4, 0.5) is 0 Å². The fourth-order valence-corrected chi connectivity index (χ4v) is 4.12. The van der Waals surface area contributed by atoms with Crippen LogP contribution in [0.3, 0.4) is 0 Å². The normalized spacial score (nSPS) is 41.5. The summed E-state index contributed by atoms with van der Waals surface area (Å²) in [4.78, 5) is 0. The minimum Gasteiger partial charge on any atom is -0.0815 e. The molecule has 0 saturated heterocycles. The summed E-state index contributed by atoms with van der Waals surface area (Å²) in [5.74, 6) is 2.02. The Bertz CT molecular complexity index is 147. The van der Waals surface area contributed by atoms with Crippen molar-refractivity contribution in [2.24, 2.45) is 11.8 Å². The first kappa shape index (κ1) is 12.5. The van der Waals surface area contributed by atoms with Crippen LogP contribution in [-0.4, -0.2) is 7.85 Å². The van der Waals surface area contributed by atoms with Gasteiger partial charge in [-0.3, -0.25) is 0 Å². The molecule has 0 N–H and O–H groups in total. The Kier molecular flexibility index (Phi) is 5.91. The summed E-state index contributed by atoms with van der Waals surface area (Å²) in [6, 6.07) is 0. The average Bonchev–Trinajstić information content (AvgIpc) is 2.27. The Morgan fingerprint density at radius 1 is 0.923 bits per heavy atom. The number of hydrogen-bond acceptors (Lipinski definition) is 0. The Labute approximate surface area is 110 Å². The molecule has 2 heteroatoms. The van der Waals surface area contributed by atoms with E-state index in [-0.39, 0.29) is 0 Å². The molecule has 0 bridgehead atoms. The number of hydrogen-bond donors (Lipinski definition) is 0. The van der Waals surface area contributed by atoms with Gasteiger partial charge in [-0.05, 0) is 31.1 Å². The molecule has 1 aliphatic carbocycles. The van der Waals surface area contributed by atoms with Crippen molar-refractivity contribution in [1.29, 1.82) is 0 Å². The molecule has 0 aromatic carbocycles. The summed E-state index contributed by atoms with van der Waals surface area (Å²) in [7, 11) is 0. The van der Waals surface area contributed by atoms with Crippen molar-refractivity contribution in [3.05, 3.63) is 0 Å². The predicted molar refractivity (Wildman–Crippen MR) is 77.0 cm³/mol.